The number of aryl methyl sites for hydroxylation is 1. The number of aliphatic hydroxyl groups excluding tert-OH is 1. The summed E-state index contributed by atoms with van der Waals surface area (Å²) < 4.78 is 11.2. The number of carboxylic acids is 1. The number of hydrogen-bond acceptors (Lipinski definition) is 5. The van der Waals surface area contributed by atoms with Crippen LogP contribution in [0.15, 0.2) is 10.5 Å². The van der Waals surface area contributed by atoms with Gasteiger partial charge in [-0.3, -0.25) is 4.90 Å². The van der Waals surface area contributed by atoms with Crippen LogP contribution in [0.3, 0.4) is 0 Å². The molecule has 1 saturated heterocycles. The minimum Gasteiger partial charge on any atom is -0.478 e. The van der Waals surface area contributed by atoms with Crippen LogP contribution in [0, 0.1) is 6.92 Å². The predicted molar refractivity (Wildman–Crippen MR) is 71.7 cm³/mol. The van der Waals surface area contributed by atoms with E-state index < -0.39 is 5.97 Å². The van der Waals surface area contributed by atoms with E-state index in [1.54, 1.807) is 13.0 Å². The lowest BCUT2D eigenvalue weighted by atomic mass is 10.1. The van der Waals surface area contributed by atoms with Crippen molar-refractivity contribution in [3.8, 4) is 0 Å². The average molecular weight is 283 g/mol. The van der Waals surface area contributed by atoms with E-state index >= 15 is 0 Å². The lowest BCUT2D eigenvalue weighted by molar-refractivity contribution is -0.151. The maximum atomic E-state index is 11.0. The van der Waals surface area contributed by atoms with Gasteiger partial charge in [-0.15, -0.1) is 0 Å². The van der Waals surface area contributed by atoms with Crippen molar-refractivity contribution < 1.29 is 24.2 Å². The summed E-state index contributed by atoms with van der Waals surface area (Å²) in [5.41, 5.74) is -0.144. The Morgan fingerprint density at radius 1 is 1.55 bits per heavy atom. The Hall–Kier alpha value is -1.37. The molecule has 20 heavy (non-hydrogen) atoms. The summed E-state index contributed by atoms with van der Waals surface area (Å²) in [7, 11) is 0. The van der Waals surface area contributed by atoms with Crippen molar-refractivity contribution in [2.45, 2.75) is 39.0 Å². The van der Waals surface area contributed by atoms with Crippen LogP contribution in [0.4, 0.5) is 0 Å². The normalized spacial score (nSPS) is 22.9. The molecule has 1 atom stereocenters. The number of furan rings is 1. The van der Waals surface area contributed by atoms with Gasteiger partial charge in [0.25, 0.3) is 0 Å². The van der Waals surface area contributed by atoms with E-state index in [0.717, 1.165) is 0 Å². The predicted octanol–water partition coefficient (Wildman–Crippen LogP) is 1.26. The number of rotatable bonds is 4. The average Bonchev–Trinajstić information content (AvgIpc) is 2.68. The lowest BCUT2D eigenvalue weighted by Gasteiger charge is -2.42. The molecular weight excluding hydrogens is 262 g/mol. The van der Waals surface area contributed by atoms with Crippen molar-refractivity contribution in [2.24, 2.45) is 0 Å². The van der Waals surface area contributed by atoms with Crippen LogP contribution in [0.25, 0.3) is 0 Å². The van der Waals surface area contributed by atoms with Gasteiger partial charge in [0.1, 0.15) is 17.1 Å². The molecule has 0 bridgehead atoms. The van der Waals surface area contributed by atoms with E-state index in [4.69, 9.17) is 14.3 Å². The second-order valence-corrected chi connectivity index (χ2v) is 5.84. The molecule has 0 amide bonds. The molecule has 1 aliphatic rings. The van der Waals surface area contributed by atoms with Gasteiger partial charge in [0.2, 0.25) is 0 Å². The quantitative estimate of drug-likeness (QED) is 0.865. The van der Waals surface area contributed by atoms with E-state index in [0.29, 0.717) is 31.2 Å². The summed E-state index contributed by atoms with van der Waals surface area (Å²) in [5.74, 6) is 0.0565. The lowest BCUT2D eigenvalue weighted by Crippen LogP contribution is -2.53. The van der Waals surface area contributed by atoms with Crippen molar-refractivity contribution in [3.05, 3.63) is 23.2 Å². The number of carbonyl (C=O) groups is 1. The first-order chi connectivity index (χ1) is 9.30. The molecule has 1 aromatic heterocycles. The van der Waals surface area contributed by atoms with E-state index in [2.05, 4.69) is 4.90 Å². The van der Waals surface area contributed by atoms with Crippen molar-refractivity contribution in [2.75, 3.05) is 19.7 Å². The Balaban J connectivity index is 2.09. The first kappa shape index (κ1) is 15.0. The molecule has 1 aliphatic heterocycles. The van der Waals surface area contributed by atoms with Crippen LogP contribution < -0.4 is 0 Å². The Labute approximate surface area is 117 Å². The Bertz CT molecular complexity index is 494. The van der Waals surface area contributed by atoms with Gasteiger partial charge >= 0.3 is 5.97 Å². The fourth-order valence-electron chi connectivity index (χ4n) is 2.69. The third-order valence-corrected chi connectivity index (χ3v) is 3.33. The van der Waals surface area contributed by atoms with Gasteiger partial charge < -0.3 is 19.4 Å². The molecule has 0 aliphatic carbocycles. The van der Waals surface area contributed by atoms with Crippen molar-refractivity contribution in [1.82, 2.24) is 4.90 Å². The standard InChI is InChI=1S/C14H21NO5/c1-9-12(13(17)18)4-10(19-9)5-15-6-11(7-16)20-14(2,3)8-15/h4,11,16H,5-8H2,1-3H3,(H,17,18). The van der Waals surface area contributed by atoms with Crippen LogP contribution in [0.5, 0.6) is 0 Å². The van der Waals surface area contributed by atoms with Crippen LogP contribution in [-0.4, -0.2) is 52.5 Å². The molecule has 0 aromatic carbocycles. The van der Waals surface area contributed by atoms with Crippen molar-refractivity contribution >= 4 is 5.97 Å². The van der Waals surface area contributed by atoms with E-state index in [-0.39, 0.29) is 23.9 Å². The number of aliphatic hydroxyl groups is 1. The fourth-order valence-corrected chi connectivity index (χ4v) is 2.69. The first-order valence-corrected chi connectivity index (χ1v) is 6.64. The maximum absolute atomic E-state index is 11.0. The van der Waals surface area contributed by atoms with Crippen LogP contribution in [-0.2, 0) is 11.3 Å². The number of nitrogens with zero attached hydrogens (tertiary/aromatic N) is 1. The number of ether oxygens (including phenoxy) is 1. The molecule has 112 valence electrons. The highest BCUT2D eigenvalue weighted by Gasteiger charge is 2.33. The Kier molecular flexibility index (Phi) is 4.17. The van der Waals surface area contributed by atoms with Crippen LogP contribution in [0.2, 0.25) is 0 Å². The minimum atomic E-state index is -0.979. The molecule has 2 rings (SSSR count). The van der Waals surface area contributed by atoms with Gasteiger partial charge in [0.05, 0.1) is 24.9 Å². The minimum absolute atomic E-state index is 0.0303. The van der Waals surface area contributed by atoms with Gasteiger partial charge in [-0.1, -0.05) is 0 Å². The number of hydrogen-bond donors (Lipinski definition) is 2. The maximum Gasteiger partial charge on any atom is 0.339 e. The van der Waals surface area contributed by atoms with Gasteiger partial charge in [-0.25, -0.2) is 4.79 Å². The highest BCUT2D eigenvalue weighted by Crippen LogP contribution is 2.24. The summed E-state index contributed by atoms with van der Waals surface area (Å²) in [4.78, 5) is 13.1. The van der Waals surface area contributed by atoms with Crippen molar-refractivity contribution in [1.29, 1.82) is 0 Å². The monoisotopic (exact) mass is 283 g/mol. The topological polar surface area (TPSA) is 83.1 Å². The number of aromatic carboxylic acids is 1. The SMILES string of the molecule is Cc1oc(CN2CC(CO)OC(C)(C)C2)cc1C(=O)O. The molecule has 1 unspecified atom stereocenters. The van der Waals surface area contributed by atoms with Crippen LogP contribution in [0.1, 0.15) is 35.7 Å². The number of morpholine rings is 1. The summed E-state index contributed by atoms with van der Waals surface area (Å²) in [6.45, 7) is 7.37. The zero-order valence-electron chi connectivity index (χ0n) is 12.0. The highest BCUT2D eigenvalue weighted by atomic mass is 16.5. The largest absolute Gasteiger partial charge is 0.478 e. The summed E-state index contributed by atoms with van der Waals surface area (Å²) in [5, 5.41) is 18.3. The van der Waals surface area contributed by atoms with E-state index in [1.165, 1.54) is 0 Å². The summed E-state index contributed by atoms with van der Waals surface area (Å²) in [6.07, 6.45) is -0.228. The van der Waals surface area contributed by atoms with Crippen molar-refractivity contribution in [3.63, 3.8) is 0 Å². The molecule has 6 heteroatoms. The molecule has 0 spiro atoms. The zero-order valence-corrected chi connectivity index (χ0v) is 12.0. The van der Waals surface area contributed by atoms with Gasteiger partial charge in [-0.2, -0.15) is 0 Å². The molecule has 6 nitrogen and oxygen atoms in total. The third-order valence-electron chi connectivity index (χ3n) is 3.33. The van der Waals surface area contributed by atoms with E-state index in [1.807, 2.05) is 13.8 Å². The molecule has 2 N–H and O–H groups in total. The highest BCUT2D eigenvalue weighted by molar-refractivity contribution is 5.88. The first-order valence-electron chi connectivity index (χ1n) is 6.64. The summed E-state index contributed by atoms with van der Waals surface area (Å²) in [6, 6.07) is 1.56. The Morgan fingerprint density at radius 3 is 2.80 bits per heavy atom. The summed E-state index contributed by atoms with van der Waals surface area (Å²) >= 11 is 0. The molecular formula is C14H21NO5. The van der Waals surface area contributed by atoms with Crippen LogP contribution >= 0.6 is 0 Å². The second-order valence-electron chi connectivity index (χ2n) is 5.84. The Morgan fingerprint density at radius 2 is 2.25 bits per heavy atom. The van der Waals surface area contributed by atoms with Gasteiger partial charge in [0.15, 0.2) is 0 Å². The van der Waals surface area contributed by atoms with Gasteiger partial charge in [-0.05, 0) is 26.8 Å². The van der Waals surface area contributed by atoms with Gasteiger partial charge in [0, 0.05) is 13.1 Å². The van der Waals surface area contributed by atoms with E-state index in [9.17, 15) is 9.90 Å². The smallest absolute Gasteiger partial charge is 0.339 e. The molecule has 1 fully saturated rings. The zero-order chi connectivity index (χ0) is 14.9. The second kappa shape index (κ2) is 5.55. The molecule has 0 saturated carbocycles. The fraction of sp³-hybridized carbons (Fsp3) is 0.643. The molecule has 1 aromatic rings. The number of carboxylic acid groups (broad SMARTS) is 1. The third kappa shape index (κ3) is 3.39. The molecule has 0 radical (unpaired) electrons. The molecule has 2 heterocycles.